The minimum Gasteiger partial charge on any atom is -0.493 e. The number of amides is 1. The molecule has 1 aromatic carbocycles. The molecule has 1 amide bonds. The van der Waals surface area contributed by atoms with E-state index in [9.17, 15) is 10.1 Å². The van der Waals surface area contributed by atoms with Crippen molar-refractivity contribution in [3.8, 4) is 17.6 Å². The maximum absolute atomic E-state index is 12.8. The summed E-state index contributed by atoms with van der Waals surface area (Å²) in [5, 5.41) is 9.69. The molecule has 1 aromatic rings. The molecule has 1 aliphatic rings. The second-order valence-corrected chi connectivity index (χ2v) is 7.46. The lowest BCUT2D eigenvalue weighted by molar-refractivity contribution is -0.135. The van der Waals surface area contributed by atoms with Crippen molar-refractivity contribution in [3.63, 3.8) is 0 Å². The molecule has 0 radical (unpaired) electrons. The van der Waals surface area contributed by atoms with Gasteiger partial charge in [0, 0.05) is 13.6 Å². The van der Waals surface area contributed by atoms with Gasteiger partial charge in [0.25, 0.3) is 0 Å². The fourth-order valence-corrected chi connectivity index (χ4v) is 3.77. The molecule has 1 aliphatic carbocycles. The largest absolute Gasteiger partial charge is 0.493 e. The summed E-state index contributed by atoms with van der Waals surface area (Å²) < 4.78 is 10.7. The molecule has 2 rings (SSSR count). The Bertz CT molecular complexity index is 705. The molecule has 0 bridgehead atoms. The minimum atomic E-state index is -0.643. The highest BCUT2D eigenvalue weighted by Gasteiger charge is 2.38. The Morgan fingerprint density at radius 3 is 2.30 bits per heavy atom. The zero-order chi connectivity index (χ0) is 20.0. The van der Waals surface area contributed by atoms with Gasteiger partial charge in [-0.1, -0.05) is 19.3 Å². The van der Waals surface area contributed by atoms with E-state index in [1.165, 1.54) is 0 Å². The van der Waals surface area contributed by atoms with Crippen molar-refractivity contribution >= 4 is 5.91 Å². The van der Waals surface area contributed by atoms with E-state index in [1.807, 2.05) is 31.0 Å². The molecule has 1 fully saturated rings. The summed E-state index contributed by atoms with van der Waals surface area (Å²) in [4.78, 5) is 16.4. The maximum atomic E-state index is 12.8. The predicted molar refractivity (Wildman–Crippen MR) is 105 cm³/mol. The summed E-state index contributed by atoms with van der Waals surface area (Å²) in [5.74, 6) is 1.37. The molecule has 0 atom stereocenters. The summed E-state index contributed by atoms with van der Waals surface area (Å²) in [7, 11) is 6.92. The van der Waals surface area contributed by atoms with E-state index in [0.29, 0.717) is 18.0 Å². The van der Waals surface area contributed by atoms with Crippen molar-refractivity contribution in [2.75, 3.05) is 34.9 Å². The van der Waals surface area contributed by atoms with Crippen LogP contribution in [0.15, 0.2) is 12.1 Å². The fourth-order valence-electron chi connectivity index (χ4n) is 3.77. The number of rotatable bonds is 7. The van der Waals surface area contributed by atoms with Crippen LogP contribution in [0.5, 0.6) is 11.5 Å². The zero-order valence-corrected chi connectivity index (χ0v) is 17.2. The van der Waals surface area contributed by atoms with Crippen LogP contribution < -0.4 is 9.47 Å². The second kappa shape index (κ2) is 9.09. The van der Waals surface area contributed by atoms with Crippen LogP contribution in [-0.4, -0.2) is 56.1 Å². The average Bonchev–Trinajstić information content (AvgIpc) is 2.68. The lowest BCUT2D eigenvalue weighted by Crippen LogP contribution is -2.52. The van der Waals surface area contributed by atoms with Crippen molar-refractivity contribution in [3.05, 3.63) is 23.3 Å². The van der Waals surface area contributed by atoms with Gasteiger partial charge < -0.3 is 14.4 Å². The molecule has 0 unspecified atom stereocenters. The first-order valence-corrected chi connectivity index (χ1v) is 9.45. The summed E-state index contributed by atoms with van der Waals surface area (Å²) in [6.45, 7) is 2.91. The Hall–Kier alpha value is -2.26. The monoisotopic (exact) mass is 373 g/mol. The Morgan fingerprint density at radius 2 is 1.74 bits per heavy atom. The first kappa shape index (κ1) is 21.0. The molecule has 1 saturated carbocycles. The van der Waals surface area contributed by atoms with Crippen molar-refractivity contribution in [2.45, 2.75) is 51.1 Å². The highest BCUT2D eigenvalue weighted by atomic mass is 16.5. The fraction of sp³-hybridized carbons (Fsp3) is 0.619. The Labute approximate surface area is 162 Å². The molecule has 0 spiro atoms. The number of likely N-dealkylation sites (N-methyl/N-ethyl adjacent to an activating group) is 2. The summed E-state index contributed by atoms with van der Waals surface area (Å²) in [6.07, 6.45) is 4.69. The van der Waals surface area contributed by atoms with Gasteiger partial charge >= 0.3 is 0 Å². The molecule has 27 heavy (non-hydrogen) atoms. The molecular weight excluding hydrogens is 342 g/mol. The number of hydrogen-bond acceptors (Lipinski definition) is 5. The highest BCUT2D eigenvalue weighted by molar-refractivity contribution is 5.79. The molecule has 0 saturated heterocycles. The van der Waals surface area contributed by atoms with Crippen LogP contribution in [0.3, 0.4) is 0 Å². The van der Waals surface area contributed by atoms with Gasteiger partial charge in [-0.15, -0.1) is 0 Å². The lowest BCUT2D eigenvalue weighted by Gasteiger charge is -2.39. The van der Waals surface area contributed by atoms with Gasteiger partial charge in [-0.05, 0) is 50.1 Å². The van der Waals surface area contributed by atoms with E-state index >= 15 is 0 Å². The summed E-state index contributed by atoms with van der Waals surface area (Å²) in [6, 6.07) is 6.32. The van der Waals surface area contributed by atoms with E-state index in [1.54, 1.807) is 26.2 Å². The molecule has 0 aliphatic heterocycles. The Morgan fingerprint density at radius 1 is 1.15 bits per heavy atom. The third-order valence-corrected chi connectivity index (χ3v) is 5.59. The molecule has 148 valence electrons. The standard InChI is InChI=1S/C21H31N3O3/c1-16-11-18(26-4)19(27-5)12-17(16)13-23(2)14-20(25)24(3)21(15-22)9-7-6-8-10-21/h11-12H,6-10,13-14H2,1-5H3. The minimum absolute atomic E-state index is 0.0147. The highest BCUT2D eigenvalue weighted by Crippen LogP contribution is 2.33. The molecular formula is C21H31N3O3. The molecule has 0 heterocycles. The lowest BCUT2D eigenvalue weighted by atomic mass is 9.81. The number of carbonyl (C=O) groups is 1. The number of nitriles is 1. The number of nitrogens with zero attached hydrogens (tertiary/aromatic N) is 3. The Balaban J connectivity index is 2.06. The topological polar surface area (TPSA) is 65.8 Å². The van der Waals surface area contributed by atoms with Crippen molar-refractivity contribution in [1.82, 2.24) is 9.80 Å². The smallest absolute Gasteiger partial charge is 0.237 e. The molecule has 0 N–H and O–H groups in total. The second-order valence-electron chi connectivity index (χ2n) is 7.46. The van der Waals surface area contributed by atoms with E-state index in [-0.39, 0.29) is 12.5 Å². The van der Waals surface area contributed by atoms with Crippen LogP contribution in [0.4, 0.5) is 0 Å². The van der Waals surface area contributed by atoms with Gasteiger partial charge in [0.1, 0.15) is 5.54 Å². The van der Waals surface area contributed by atoms with Crippen LogP contribution in [0.2, 0.25) is 0 Å². The molecule has 0 aromatic heterocycles. The van der Waals surface area contributed by atoms with Crippen LogP contribution in [0.25, 0.3) is 0 Å². The number of benzene rings is 1. The number of carbonyl (C=O) groups excluding carboxylic acids is 1. The van der Waals surface area contributed by atoms with E-state index in [2.05, 4.69) is 6.07 Å². The van der Waals surface area contributed by atoms with E-state index in [4.69, 9.17) is 9.47 Å². The summed E-state index contributed by atoms with van der Waals surface area (Å²) in [5.41, 5.74) is 1.52. The third kappa shape index (κ3) is 4.72. The first-order chi connectivity index (χ1) is 12.9. The quantitative estimate of drug-likeness (QED) is 0.735. The van der Waals surface area contributed by atoms with Gasteiger partial charge in [-0.25, -0.2) is 0 Å². The number of aryl methyl sites for hydroxylation is 1. The van der Waals surface area contributed by atoms with E-state index < -0.39 is 5.54 Å². The van der Waals surface area contributed by atoms with Gasteiger partial charge in [-0.2, -0.15) is 5.26 Å². The molecule has 6 heteroatoms. The van der Waals surface area contributed by atoms with Crippen LogP contribution >= 0.6 is 0 Å². The van der Waals surface area contributed by atoms with Gasteiger partial charge in [-0.3, -0.25) is 9.69 Å². The first-order valence-electron chi connectivity index (χ1n) is 9.45. The maximum Gasteiger partial charge on any atom is 0.237 e. The molecule has 6 nitrogen and oxygen atoms in total. The van der Waals surface area contributed by atoms with Crippen molar-refractivity contribution in [1.29, 1.82) is 5.26 Å². The van der Waals surface area contributed by atoms with Crippen LogP contribution in [0, 0.1) is 18.3 Å². The summed E-state index contributed by atoms with van der Waals surface area (Å²) >= 11 is 0. The number of hydrogen-bond donors (Lipinski definition) is 0. The van der Waals surface area contributed by atoms with Crippen LogP contribution in [-0.2, 0) is 11.3 Å². The Kier molecular flexibility index (Phi) is 7.09. The number of ether oxygens (including phenoxy) is 2. The normalized spacial score (nSPS) is 15.9. The van der Waals surface area contributed by atoms with Crippen molar-refractivity contribution < 1.29 is 14.3 Å². The van der Waals surface area contributed by atoms with Gasteiger partial charge in [0.05, 0.1) is 26.8 Å². The predicted octanol–water partition coefficient (Wildman–Crippen LogP) is 3.13. The SMILES string of the molecule is COc1cc(C)c(CN(C)CC(=O)N(C)C2(C#N)CCCCC2)cc1OC. The van der Waals surface area contributed by atoms with Gasteiger partial charge in [0.2, 0.25) is 5.91 Å². The van der Waals surface area contributed by atoms with E-state index in [0.717, 1.165) is 43.2 Å². The van der Waals surface area contributed by atoms with Crippen LogP contribution in [0.1, 0.15) is 43.2 Å². The zero-order valence-electron chi connectivity index (χ0n) is 17.2. The number of methoxy groups -OCH3 is 2. The third-order valence-electron chi connectivity index (χ3n) is 5.59. The van der Waals surface area contributed by atoms with Crippen molar-refractivity contribution in [2.24, 2.45) is 0 Å². The van der Waals surface area contributed by atoms with Gasteiger partial charge in [0.15, 0.2) is 11.5 Å². The average molecular weight is 373 g/mol.